The first-order valence-corrected chi connectivity index (χ1v) is 4.47. The molecular weight excluding hydrogens is 172 g/mol. The third-order valence-electron chi connectivity index (χ3n) is 1.53. The van der Waals surface area contributed by atoms with Gasteiger partial charge >= 0.3 is 0 Å². The lowest BCUT2D eigenvalue weighted by atomic mass is 10.3. The molecule has 0 spiro atoms. The maximum Gasteiger partial charge on any atom is 0.177 e. The van der Waals surface area contributed by atoms with E-state index in [-0.39, 0.29) is 0 Å². The molecule has 2 aromatic rings. The van der Waals surface area contributed by atoms with Crippen molar-refractivity contribution in [2.45, 2.75) is 6.54 Å². The van der Waals surface area contributed by atoms with Crippen LogP contribution < -0.4 is 5.73 Å². The van der Waals surface area contributed by atoms with Gasteiger partial charge in [0.15, 0.2) is 5.76 Å². The van der Waals surface area contributed by atoms with E-state index in [2.05, 4.69) is 5.16 Å². The lowest BCUT2D eigenvalue weighted by molar-refractivity contribution is 0.424. The SMILES string of the molecule is NCc1cc(-c2cccs2)on1. The highest BCUT2D eigenvalue weighted by Crippen LogP contribution is 2.24. The molecule has 3 nitrogen and oxygen atoms in total. The molecule has 2 rings (SSSR count). The molecule has 0 aliphatic carbocycles. The number of nitrogens with two attached hydrogens (primary N) is 1. The Bertz CT molecular complexity index is 353. The number of aromatic nitrogens is 1. The van der Waals surface area contributed by atoms with Crippen LogP contribution in [0, 0.1) is 0 Å². The second-order valence-corrected chi connectivity index (χ2v) is 3.31. The fourth-order valence-corrected chi connectivity index (χ4v) is 1.62. The summed E-state index contributed by atoms with van der Waals surface area (Å²) in [7, 11) is 0. The molecule has 0 amide bonds. The zero-order valence-electron chi connectivity index (χ0n) is 6.36. The Balaban J connectivity index is 2.35. The van der Waals surface area contributed by atoms with Crippen LogP contribution in [0.15, 0.2) is 28.1 Å². The average molecular weight is 180 g/mol. The first-order valence-electron chi connectivity index (χ1n) is 3.59. The lowest BCUT2D eigenvalue weighted by Gasteiger charge is -1.83. The summed E-state index contributed by atoms with van der Waals surface area (Å²) in [4.78, 5) is 1.09. The zero-order chi connectivity index (χ0) is 8.39. The van der Waals surface area contributed by atoms with Crippen LogP contribution in [0.25, 0.3) is 10.6 Å². The van der Waals surface area contributed by atoms with E-state index in [1.165, 1.54) is 0 Å². The summed E-state index contributed by atoms with van der Waals surface area (Å²) >= 11 is 1.63. The van der Waals surface area contributed by atoms with Crippen molar-refractivity contribution in [3.8, 4) is 10.6 Å². The van der Waals surface area contributed by atoms with Gasteiger partial charge in [0.05, 0.1) is 10.6 Å². The molecule has 2 N–H and O–H groups in total. The van der Waals surface area contributed by atoms with E-state index in [1.807, 2.05) is 23.6 Å². The molecule has 2 aromatic heterocycles. The van der Waals surface area contributed by atoms with Crippen molar-refractivity contribution in [2.75, 3.05) is 0 Å². The van der Waals surface area contributed by atoms with Crippen LogP contribution in [0.4, 0.5) is 0 Å². The number of nitrogens with zero attached hydrogens (tertiary/aromatic N) is 1. The Morgan fingerprint density at radius 2 is 2.50 bits per heavy atom. The smallest absolute Gasteiger partial charge is 0.177 e. The highest BCUT2D eigenvalue weighted by atomic mass is 32.1. The van der Waals surface area contributed by atoms with Gasteiger partial charge in [-0.25, -0.2) is 0 Å². The molecule has 0 fully saturated rings. The van der Waals surface area contributed by atoms with Gasteiger partial charge in [-0.15, -0.1) is 11.3 Å². The fourth-order valence-electron chi connectivity index (χ4n) is 0.943. The van der Waals surface area contributed by atoms with Crippen molar-refractivity contribution in [1.29, 1.82) is 0 Å². The summed E-state index contributed by atoms with van der Waals surface area (Å²) in [6.07, 6.45) is 0. The molecule has 2 heterocycles. The van der Waals surface area contributed by atoms with Crippen LogP contribution in [-0.2, 0) is 6.54 Å². The van der Waals surface area contributed by atoms with Crippen LogP contribution in [0.5, 0.6) is 0 Å². The van der Waals surface area contributed by atoms with E-state index < -0.39 is 0 Å². The normalized spacial score (nSPS) is 10.4. The number of hydrogen-bond acceptors (Lipinski definition) is 4. The Kier molecular flexibility index (Phi) is 1.93. The summed E-state index contributed by atoms with van der Waals surface area (Å²) < 4.78 is 5.08. The minimum Gasteiger partial charge on any atom is -0.355 e. The predicted octanol–water partition coefficient (Wildman–Crippen LogP) is 1.86. The number of rotatable bonds is 2. The summed E-state index contributed by atoms with van der Waals surface area (Å²) in [5, 5.41) is 5.80. The standard InChI is InChI=1S/C8H8N2OS/c9-5-6-4-7(11-10-6)8-2-1-3-12-8/h1-4H,5,9H2. The lowest BCUT2D eigenvalue weighted by Crippen LogP contribution is -1.94. The summed E-state index contributed by atoms with van der Waals surface area (Å²) in [6, 6.07) is 5.84. The second kappa shape index (κ2) is 3.08. The number of hydrogen-bond donors (Lipinski definition) is 1. The Morgan fingerprint density at radius 1 is 1.58 bits per heavy atom. The average Bonchev–Trinajstić information content (AvgIpc) is 2.75. The van der Waals surface area contributed by atoms with Crippen molar-refractivity contribution in [3.63, 3.8) is 0 Å². The third kappa shape index (κ3) is 1.26. The van der Waals surface area contributed by atoms with Crippen LogP contribution >= 0.6 is 11.3 Å². The second-order valence-electron chi connectivity index (χ2n) is 2.36. The highest BCUT2D eigenvalue weighted by Gasteiger charge is 2.05. The van der Waals surface area contributed by atoms with Gasteiger partial charge in [-0.2, -0.15) is 0 Å². The number of thiophene rings is 1. The molecule has 0 saturated carbocycles. The van der Waals surface area contributed by atoms with E-state index in [0.717, 1.165) is 16.3 Å². The molecular formula is C8H8N2OS. The summed E-state index contributed by atoms with van der Waals surface area (Å²) in [5.41, 5.74) is 6.19. The van der Waals surface area contributed by atoms with Gasteiger partial charge in [-0.1, -0.05) is 11.2 Å². The topological polar surface area (TPSA) is 52.0 Å². The zero-order valence-corrected chi connectivity index (χ0v) is 7.17. The van der Waals surface area contributed by atoms with Crippen LogP contribution in [0.1, 0.15) is 5.69 Å². The molecule has 0 aliphatic heterocycles. The minimum atomic E-state index is 0.425. The van der Waals surface area contributed by atoms with E-state index in [4.69, 9.17) is 10.3 Å². The quantitative estimate of drug-likeness (QED) is 0.767. The van der Waals surface area contributed by atoms with Gasteiger partial charge in [-0.3, -0.25) is 0 Å². The Labute approximate surface area is 73.8 Å². The van der Waals surface area contributed by atoms with Gasteiger partial charge in [0.2, 0.25) is 0 Å². The molecule has 0 bridgehead atoms. The first kappa shape index (κ1) is 7.52. The largest absolute Gasteiger partial charge is 0.355 e. The molecule has 12 heavy (non-hydrogen) atoms. The molecule has 4 heteroatoms. The van der Waals surface area contributed by atoms with Gasteiger partial charge in [-0.05, 0) is 11.4 Å². The molecule has 0 aliphatic rings. The van der Waals surface area contributed by atoms with E-state index in [1.54, 1.807) is 11.3 Å². The van der Waals surface area contributed by atoms with Gasteiger partial charge < -0.3 is 10.3 Å². The predicted molar refractivity (Wildman–Crippen MR) is 47.7 cm³/mol. The van der Waals surface area contributed by atoms with Crippen molar-refractivity contribution in [2.24, 2.45) is 5.73 Å². The fraction of sp³-hybridized carbons (Fsp3) is 0.125. The molecule has 0 radical (unpaired) electrons. The monoisotopic (exact) mass is 180 g/mol. The van der Waals surface area contributed by atoms with Gasteiger partial charge in [0, 0.05) is 12.6 Å². The molecule has 0 saturated heterocycles. The van der Waals surface area contributed by atoms with Crippen LogP contribution in [0.3, 0.4) is 0 Å². The van der Waals surface area contributed by atoms with E-state index >= 15 is 0 Å². The highest BCUT2D eigenvalue weighted by molar-refractivity contribution is 7.13. The molecule has 0 aromatic carbocycles. The van der Waals surface area contributed by atoms with Gasteiger partial charge in [0.1, 0.15) is 0 Å². The van der Waals surface area contributed by atoms with E-state index in [9.17, 15) is 0 Å². The Morgan fingerprint density at radius 3 is 3.08 bits per heavy atom. The van der Waals surface area contributed by atoms with Crippen LogP contribution in [0.2, 0.25) is 0 Å². The molecule has 0 unspecified atom stereocenters. The van der Waals surface area contributed by atoms with Crippen molar-refractivity contribution in [3.05, 3.63) is 29.3 Å². The van der Waals surface area contributed by atoms with E-state index in [0.29, 0.717) is 6.54 Å². The first-order chi connectivity index (χ1) is 5.90. The molecule has 62 valence electrons. The third-order valence-corrected chi connectivity index (χ3v) is 2.42. The van der Waals surface area contributed by atoms with Crippen molar-refractivity contribution >= 4 is 11.3 Å². The Hall–Kier alpha value is -1.13. The van der Waals surface area contributed by atoms with Crippen molar-refractivity contribution in [1.82, 2.24) is 5.16 Å². The van der Waals surface area contributed by atoms with Crippen molar-refractivity contribution < 1.29 is 4.52 Å². The summed E-state index contributed by atoms with van der Waals surface area (Å²) in [6.45, 7) is 0.425. The maximum absolute atomic E-state index is 5.40. The molecule has 0 atom stereocenters. The summed E-state index contributed by atoms with van der Waals surface area (Å²) in [5.74, 6) is 0.797. The van der Waals surface area contributed by atoms with Gasteiger partial charge in [0.25, 0.3) is 0 Å². The maximum atomic E-state index is 5.40. The minimum absolute atomic E-state index is 0.425. The van der Waals surface area contributed by atoms with Crippen LogP contribution in [-0.4, -0.2) is 5.16 Å².